The van der Waals surface area contributed by atoms with E-state index in [1.165, 1.54) is 4.90 Å². The smallest absolute Gasteiger partial charge is 0.256 e. The minimum atomic E-state index is -0.524. The molecule has 0 bridgehead atoms. The van der Waals surface area contributed by atoms with Crippen molar-refractivity contribution in [2.24, 2.45) is 0 Å². The van der Waals surface area contributed by atoms with Gasteiger partial charge in [0.2, 0.25) is 5.91 Å². The lowest BCUT2D eigenvalue weighted by atomic mass is 10.1. The highest BCUT2D eigenvalue weighted by Gasteiger charge is 2.40. The quantitative estimate of drug-likeness (QED) is 0.833. The third-order valence-corrected chi connectivity index (χ3v) is 4.68. The number of anilines is 2. The Balaban J connectivity index is 1.85. The molecule has 1 aliphatic rings. The van der Waals surface area contributed by atoms with Crippen molar-refractivity contribution in [3.05, 3.63) is 58.1 Å². The minimum absolute atomic E-state index is 0.168. The molecule has 0 aromatic heterocycles. The van der Waals surface area contributed by atoms with E-state index in [1.54, 1.807) is 0 Å². The number of nitrogens with zero attached hydrogens (tertiary/aromatic N) is 1. The lowest BCUT2D eigenvalue weighted by molar-refractivity contribution is -0.121. The predicted octanol–water partition coefficient (Wildman–Crippen LogP) is 3.81. The number of carbonyl (C=O) groups excluding carboxylic acids is 2. The molecule has 1 fully saturated rings. The largest absolute Gasteiger partial charge is 0.373 e. The van der Waals surface area contributed by atoms with Crippen molar-refractivity contribution in [3.63, 3.8) is 0 Å². The Morgan fingerprint density at radius 2 is 1.78 bits per heavy atom. The van der Waals surface area contributed by atoms with Gasteiger partial charge in [-0.3, -0.25) is 9.59 Å². The van der Waals surface area contributed by atoms with Crippen molar-refractivity contribution >= 4 is 39.1 Å². The van der Waals surface area contributed by atoms with E-state index in [2.05, 4.69) is 21.2 Å². The average Bonchev–Trinajstić information content (AvgIpc) is 2.79. The summed E-state index contributed by atoms with van der Waals surface area (Å²) in [5.41, 5.74) is 3.52. The van der Waals surface area contributed by atoms with Crippen molar-refractivity contribution < 1.29 is 9.59 Å². The van der Waals surface area contributed by atoms with Gasteiger partial charge in [-0.1, -0.05) is 28.1 Å². The van der Waals surface area contributed by atoms with Crippen LogP contribution in [-0.2, 0) is 9.59 Å². The number of imide groups is 1. The molecule has 0 spiro atoms. The molecule has 2 aromatic carbocycles. The number of nitrogens with one attached hydrogen (secondary N) is 1. The van der Waals surface area contributed by atoms with Crippen molar-refractivity contribution in [1.82, 2.24) is 0 Å². The Morgan fingerprint density at radius 1 is 1.09 bits per heavy atom. The second kappa shape index (κ2) is 6.16. The molecule has 0 unspecified atom stereocenters. The first-order chi connectivity index (χ1) is 11.0. The summed E-state index contributed by atoms with van der Waals surface area (Å²) < 4.78 is 0.967. The van der Waals surface area contributed by atoms with Crippen LogP contribution in [0.3, 0.4) is 0 Å². The standard InChI is InChI=1S/C18H17BrN2O2/c1-11-4-3-5-16(12(11)2)21-17(22)10-15(18(21)23)20-14-8-6-13(19)7-9-14/h3-9,15,20H,10H2,1-2H3/t15-/m1/s1. The van der Waals surface area contributed by atoms with Crippen molar-refractivity contribution in [2.75, 3.05) is 10.2 Å². The first kappa shape index (κ1) is 15.7. The Hall–Kier alpha value is -2.14. The molecular weight excluding hydrogens is 356 g/mol. The third-order valence-electron chi connectivity index (χ3n) is 4.15. The summed E-state index contributed by atoms with van der Waals surface area (Å²) in [5.74, 6) is -0.370. The van der Waals surface area contributed by atoms with Gasteiger partial charge in [-0.2, -0.15) is 0 Å². The van der Waals surface area contributed by atoms with E-state index in [1.807, 2.05) is 56.3 Å². The molecule has 0 radical (unpaired) electrons. The molecule has 4 nitrogen and oxygen atoms in total. The molecule has 1 atom stereocenters. The summed E-state index contributed by atoms with van der Waals surface area (Å²) in [6.07, 6.45) is 0.169. The van der Waals surface area contributed by atoms with Crippen LogP contribution in [-0.4, -0.2) is 17.9 Å². The van der Waals surface area contributed by atoms with Crippen LogP contribution in [0.1, 0.15) is 17.5 Å². The maximum atomic E-state index is 12.7. The van der Waals surface area contributed by atoms with Gasteiger partial charge in [0.1, 0.15) is 6.04 Å². The first-order valence-corrected chi connectivity index (χ1v) is 8.22. The van der Waals surface area contributed by atoms with Gasteiger partial charge < -0.3 is 5.32 Å². The number of benzene rings is 2. The molecule has 118 valence electrons. The number of aryl methyl sites for hydroxylation is 1. The third kappa shape index (κ3) is 3.01. The van der Waals surface area contributed by atoms with Crippen molar-refractivity contribution in [2.45, 2.75) is 26.3 Å². The zero-order valence-corrected chi connectivity index (χ0v) is 14.6. The van der Waals surface area contributed by atoms with E-state index >= 15 is 0 Å². The molecule has 3 rings (SSSR count). The van der Waals surface area contributed by atoms with E-state index in [4.69, 9.17) is 0 Å². The number of halogens is 1. The van der Waals surface area contributed by atoms with E-state index in [-0.39, 0.29) is 18.2 Å². The molecular formula is C18H17BrN2O2. The highest BCUT2D eigenvalue weighted by atomic mass is 79.9. The summed E-state index contributed by atoms with van der Waals surface area (Å²) >= 11 is 3.38. The molecule has 23 heavy (non-hydrogen) atoms. The number of rotatable bonds is 3. The summed E-state index contributed by atoms with van der Waals surface area (Å²) in [4.78, 5) is 26.3. The summed E-state index contributed by atoms with van der Waals surface area (Å²) in [6.45, 7) is 3.90. The van der Waals surface area contributed by atoms with Gasteiger partial charge >= 0.3 is 0 Å². The monoisotopic (exact) mass is 372 g/mol. The molecule has 2 aromatic rings. The van der Waals surface area contributed by atoms with Gasteiger partial charge in [-0.15, -0.1) is 0 Å². The van der Waals surface area contributed by atoms with Crippen LogP contribution < -0.4 is 10.2 Å². The van der Waals surface area contributed by atoms with Gasteiger partial charge in [0.15, 0.2) is 0 Å². The van der Waals surface area contributed by atoms with E-state index in [0.29, 0.717) is 5.69 Å². The zero-order valence-electron chi connectivity index (χ0n) is 13.0. The van der Waals surface area contributed by atoms with Crippen molar-refractivity contribution in [3.8, 4) is 0 Å². The predicted molar refractivity (Wildman–Crippen MR) is 94.6 cm³/mol. The summed E-state index contributed by atoms with van der Waals surface area (Å²) in [6, 6.07) is 12.7. The fourth-order valence-corrected chi connectivity index (χ4v) is 2.99. The molecule has 0 saturated carbocycles. The van der Waals surface area contributed by atoms with Crippen molar-refractivity contribution in [1.29, 1.82) is 0 Å². The van der Waals surface area contributed by atoms with Gasteiger partial charge in [-0.05, 0) is 55.3 Å². The molecule has 1 heterocycles. The SMILES string of the molecule is Cc1cccc(N2C(=O)C[C@@H](Nc3ccc(Br)cc3)C2=O)c1C. The number of amides is 2. The second-order valence-corrected chi connectivity index (χ2v) is 6.61. The number of hydrogen-bond acceptors (Lipinski definition) is 3. The summed E-state index contributed by atoms with van der Waals surface area (Å²) in [7, 11) is 0. The molecule has 0 aliphatic carbocycles. The van der Waals surface area contributed by atoms with Crippen LogP contribution in [0.2, 0.25) is 0 Å². The Morgan fingerprint density at radius 3 is 2.48 bits per heavy atom. The molecule has 5 heteroatoms. The number of carbonyl (C=O) groups is 2. The van der Waals surface area contributed by atoms with Crippen LogP contribution in [0.4, 0.5) is 11.4 Å². The Labute approximate surface area is 143 Å². The van der Waals surface area contributed by atoms with Gasteiger partial charge in [0.05, 0.1) is 12.1 Å². The molecule has 1 saturated heterocycles. The van der Waals surface area contributed by atoms with Crippen LogP contribution in [0.5, 0.6) is 0 Å². The van der Waals surface area contributed by atoms with E-state index in [0.717, 1.165) is 21.3 Å². The topological polar surface area (TPSA) is 49.4 Å². The maximum Gasteiger partial charge on any atom is 0.256 e. The fraction of sp³-hybridized carbons (Fsp3) is 0.222. The average molecular weight is 373 g/mol. The molecule has 1 N–H and O–H groups in total. The van der Waals surface area contributed by atoms with Crippen LogP contribution in [0.25, 0.3) is 0 Å². The zero-order chi connectivity index (χ0) is 16.6. The Bertz CT molecular complexity index is 771. The van der Waals surface area contributed by atoms with Gasteiger partial charge in [0, 0.05) is 10.2 Å². The second-order valence-electron chi connectivity index (χ2n) is 5.69. The fourth-order valence-electron chi connectivity index (χ4n) is 2.72. The minimum Gasteiger partial charge on any atom is -0.373 e. The Kier molecular flexibility index (Phi) is 4.22. The normalized spacial score (nSPS) is 17.7. The highest BCUT2D eigenvalue weighted by molar-refractivity contribution is 9.10. The van der Waals surface area contributed by atoms with Crippen LogP contribution >= 0.6 is 15.9 Å². The van der Waals surface area contributed by atoms with Crippen LogP contribution in [0.15, 0.2) is 46.9 Å². The molecule has 2 amide bonds. The van der Waals surface area contributed by atoms with E-state index < -0.39 is 6.04 Å². The summed E-state index contributed by atoms with van der Waals surface area (Å²) in [5, 5.41) is 3.15. The maximum absolute atomic E-state index is 12.7. The highest BCUT2D eigenvalue weighted by Crippen LogP contribution is 2.29. The first-order valence-electron chi connectivity index (χ1n) is 7.42. The van der Waals surface area contributed by atoms with Gasteiger partial charge in [0.25, 0.3) is 5.91 Å². The van der Waals surface area contributed by atoms with Crippen LogP contribution in [0, 0.1) is 13.8 Å². The van der Waals surface area contributed by atoms with Gasteiger partial charge in [-0.25, -0.2) is 4.90 Å². The number of hydrogen-bond donors (Lipinski definition) is 1. The lowest BCUT2D eigenvalue weighted by Gasteiger charge is -2.19. The molecule has 1 aliphatic heterocycles. The lowest BCUT2D eigenvalue weighted by Crippen LogP contribution is -2.35. The van der Waals surface area contributed by atoms with E-state index in [9.17, 15) is 9.59 Å².